The molecule has 0 radical (unpaired) electrons. The SMILES string of the molecule is CC(c1ccccc1)N(Cc1cccc(F)c1)Cc1nc(C(=O)NCCN2CCOCC2)co1. The van der Waals surface area contributed by atoms with Crippen molar-refractivity contribution in [1.29, 1.82) is 0 Å². The quantitative estimate of drug-likeness (QED) is 0.492. The number of morpholine rings is 1. The standard InChI is InChI=1S/C26H31FN4O3/c1-20(22-7-3-2-4-8-22)31(17-21-6-5-9-23(27)16-21)18-25-29-24(19-34-25)26(32)28-10-11-30-12-14-33-15-13-30/h2-9,16,19-20H,10-15,17-18H2,1H3,(H,28,32). The molecule has 0 saturated carbocycles. The maximum absolute atomic E-state index is 13.8. The maximum atomic E-state index is 13.8. The third-order valence-electron chi connectivity index (χ3n) is 6.04. The summed E-state index contributed by atoms with van der Waals surface area (Å²) in [5.41, 5.74) is 2.25. The van der Waals surface area contributed by atoms with Crippen LogP contribution in [0.3, 0.4) is 0 Å². The van der Waals surface area contributed by atoms with Crippen molar-refractivity contribution < 1.29 is 18.3 Å². The van der Waals surface area contributed by atoms with E-state index in [0.29, 0.717) is 25.5 Å². The maximum Gasteiger partial charge on any atom is 0.273 e. The van der Waals surface area contributed by atoms with Gasteiger partial charge in [-0.2, -0.15) is 0 Å². The number of hydrogen-bond donors (Lipinski definition) is 1. The predicted octanol–water partition coefficient (Wildman–Crippen LogP) is 3.64. The number of carbonyl (C=O) groups excluding carboxylic acids is 1. The largest absolute Gasteiger partial charge is 0.447 e. The summed E-state index contributed by atoms with van der Waals surface area (Å²) >= 11 is 0. The lowest BCUT2D eigenvalue weighted by Gasteiger charge is -2.28. The molecule has 1 atom stereocenters. The molecule has 1 saturated heterocycles. The van der Waals surface area contributed by atoms with E-state index in [4.69, 9.17) is 9.15 Å². The zero-order chi connectivity index (χ0) is 23.8. The summed E-state index contributed by atoms with van der Waals surface area (Å²) < 4.78 is 24.8. The Labute approximate surface area is 199 Å². The van der Waals surface area contributed by atoms with E-state index >= 15 is 0 Å². The Kier molecular flexibility index (Phi) is 8.41. The fourth-order valence-corrected chi connectivity index (χ4v) is 4.05. The normalized spacial score (nSPS) is 15.4. The van der Waals surface area contributed by atoms with Gasteiger partial charge in [-0.3, -0.25) is 14.6 Å². The van der Waals surface area contributed by atoms with Crippen LogP contribution in [-0.2, 0) is 17.8 Å². The molecule has 1 amide bonds. The molecule has 4 rings (SSSR count). The summed E-state index contributed by atoms with van der Waals surface area (Å²) in [5.74, 6) is -0.0782. The van der Waals surface area contributed by atoms with Gasteiger partial charge in [-0.1, -0.05) is 42.5 Å². The van der Waals surface area contributed by atoms with Gasteiger partial charge in [0.15, 0.2) is 5.69 Å². The molecular weight excluding hydrogens is 435 g/mol. The van der Waals surface area contributed by atoms with Crippen molar-refractivity contribution in [3.8, 4) is 0 Å². The second kappa shape index (κ2) is 11.9. The highest BCUT2D eigenvalue weighted by Gasteiger charge is 2.21. The summed E-state index contributed by atoms with van der Waals surface area (Å²) in [5, 5.41) is 2.91. The van der Waals surface area contributed by atoms with Crippen molar-refractivity contribution in [2.75, 3.05) is 39.4 Å². The van der Waals surface area contributed by atoms with Crippen molar-refractivity contribution in [3.63, 3.8) is 0 Å². The van der Waals surface area contributed by atoms with Gasteiger partial charge in [0.05, 0.1) is 19.8 Å². The van der Waals surface area contributed by atoms with E-state index in [1.807, 2.05) is 24.3 Å². The van der Waals surface area contributed by atoms with Gasteiger partial charge in [-0.25, -0.2) is 9.37 Å². The molecule has 3 aromatic rings. The fourth-order valence-electron chi connectivity index (χ4n) is 4.05. The van der Waals surface area contributed by atoms with E-state index in [1.165, 1.54) is 18.4 Å². The predicted molar refractivity (Wildman–Crippen MR) is 127 cm³/mol. The number of nitrogens with zero attached hydrogens (tertiary/aromatic N) is 3. The van der Waals surface area contributed by atoms with Gasteiger partial charge in [0.1, 0.15) is 12.1 Å². The van der Waals surface area contributed by atoms with E-state index in [9.17, 15) is 9.18 Å². The molecule has 1 aliphatic rings. The lowest BCUT2D eigenvalue weighted by atomic mass is 10.1. The van der Waals surface area contributed by atoms with Crippen molar-refractivity contribution in [2.45, 2.75) is 26.1 Å². The number of hydrogen-bond acceptors (Lipinski definition) is 6. The highest BCUT2D eigenvalue weighted by Crippen LogP contribution is 2.24. The second-order valence-electron chi connectivity index (χ2n) is 8.46. The minimum Gasteiger partial charge on any atom is -0.447 e. The average molecular weight is 467 g/mol. The molecule has 2 heterocycles. The number of aromatic nitrogens is 1. The monoisotopic (exact) mass is 466 g/mol. The van der Waals surface area contributed by atoms with Gasteiger partial charge in [-0.15, -0.1) is 0 Å². The molecule has 34 heavy (non-hydrogen) atoms. The molecular formula is C26H31FN4O3. The van der Waals surface area contributed by atoms with Crippen molar-refractivity contribution in [3.05, 3.63) is 89.4 Å². The van der Waals surface area contributed by atoms with E-state index in [2.05, 4.69) is 39.2 Å². The van der Waals surface area contributed by atoms with Crippen LogP contribution < -0.4 is 5.32 Å². The lowest BCUT2D eigenvalue weighted by molar-refractivity contribution is 0.0383. The summed E-state index contributed by atoms with van der Waals surface area (Å²) in [6.45, 7) is 7.52. The third-order valence-corrected chi connectivity index (χ3v) is 6.04. The summed E-state index contributed by atoms with van der Waals surface area (Å²) in [6.07, 6.45) is 1.40. The van der Waals surface area contributed by atoms with Gasteiger partial charge in [-0.05, 0) is 30.2 Å². The fraction of sp³-hybridized carbons (Fsp3) is 0.385. The molecule has 7 nitrogen and oxygen atoms in total. The van der Waals surface area contributed by atoms with Gasteiger partial charge < -0.3 is 14.5 Å². The minimum atomic E-state index is -0.267. The van der Waals surface area contributed by atoms with Gasteiger partial charge in [0.2, 0.25) is 5.89 Å². The van der Waals surface area contributed by atoms with Crippen LogP contribution >= 0.6 is 0 Å². The van der Waals surface area contributed by atoms with Crippen LogP contribution in [0.25, 0.3) is 0 Å². The van der Waals surface area contributed by atoms with Crippen molar-refractivity contribution in [1.82, 2.24) is 20.1 Å². The molecule has 2 aromatic carbocycles. The molecule has 0 aliphatic carbocycles. The number of nitrogens with one attached hydrogen (secondary N) is 1. The number of rotatable bonds is 10. The molecule has 1 N–H and O–H groups in total. The van der Waals surface area contributed by atoms with Crippen LogP contribution in [0, 0.1) is 5.82 Å². The van der Waals surface area contributed by atoms with Crippen LogP contribution in [0.4, 0.5) is 4.39 Å². The van der Waals surface area contributed by atoms with Gasteiger partial charge in [0.25, 0.3) is 5.91 Å². The van der Waals surface area contributed by atoms with E-state index < -0.39 is 0 Å². The molecule has 1 aliphatic heterocycles. The first-order valence-corrected chi connectivity index (χ1v) is 11.6. The number of halogens is 1. The number of benzene rings is 2. The lowest BCUT2D eigenvalue weighted by Crippen LogP contribution is -2.41. The van der Waals surface area contributed by atoms with Crippen molar-refractivity contribution in [2.24, 2.45) is 0 Å². The second-order valence-corrected chi connectivity index (χ2v) is 8.46. The number of oxazole rings is 1. The van der Waals surface area contributed by atoms with E-state index in [0.717, 1.165) is 44.0 Å². The molecule has 8 heteroatoms. The Balaban J connectivity index is 1.40. The first kappa shape index (κ1) is 24.1. The third kappa shape index (κ3) is 6.72. The number of amides is 1. The van der Waals surface area contributed by atoms with Crippen LogP contribution in [0.15, 0.2) is 65.3 Å². The van der Waals surface area contributed by atoms with Crippen LogP contribution in [0.5, 0.6) is 0 Å². The smallest absolute Gasteiger partial charge is 0.273 e. The Hall–Kier alpha value is -3.07. The Morgan fingerprint density at radius 1 is 1.15 bits per heavy atom. The average Bonchev–Trinajstić information content (AvgIpc) is 3.33. The summed E-state index contributed by atoms with van der Waals surface area (Å²) in [7, 11) is 0. The molecule has 0 bridgehead atoms. The minimum absolute atomic E-state index is 0.0298. The number of carbonyl (C=O) groups is 1. The van der Waals surface area contributed by atoms with Crippen LogP contribution in [-0.4, -0.2) is 60.1 Å². The molecule has 1 fully saturated rings. The number of ether oxygens (including phenoxy) is 1. The molecule has 1 aromatic heterocycles. The highest BCUT2D eigenvalue weighted by molar-refractivity contribution is 5.91. The van der Waals surface area contributed by atoms with Crippen molar-refractivity contribution >= 4 is 5.91 Å². The molecule has 0 spiro atoms. The Morgan fingerprint density at radius 2 is 1.94 bits per heavy atom. The van der Waals surface area contributed by atoms with E-state index in [-0.39, 0.29) is 23.5 Å². The zero-order valence-electron chi connectivity index (χ0n) is 19.5. The highest BCUT2D eigenvalue weighted by atomic mass is 19.1. The topological polar surface area (TPSA) is 70.8 Å². The van der Waals surface area contributed by atoms with E-state index in [1.54, 1.807) is 6.07 Å². The Bertz CT molecular complexity index is 1050. The van der Waals surface area contributed by atoms with Crippen LogP contribution in [0.1, 0.15) is 40.5 Å². The first-order chi connectivity index (χ1) is 16.6. The summed E-state index contributed by atoms with van der Waals surface area (Å²) in [4.78, 5) is 21.4. The Morgan fingerprint density at radius 3 is 2.71 bits per heavy atom. The van der Waals surface area contributed by atoms with Crippen LogP contribution in [0.2, 0.25) is 0 Å². The van der Waals surface area contributed by atoms with Gasteiger partial charge >= 0.3 is 0 Å². The molecule has 180 valence electrons. The van der Waals surface area contributed by atoms with Gasteiger partial charge in [0, 0.05) is 38.8 Å². The molecule has 1 unspecified atom stereocenters. The zero-order valence-corrected chi connectivity index (χ0v) is 19.5. The summed E-state index contributed by atoms with van der Waals surface area (Å²) in [6, 6.07) is 16.7. The first-order valence-electron chi connectivity index (χ1n) is 11.6.